The Kier molecular flexibility index (Phi) is 3.31. The molecule has 2 aromatic rings. The van der Waals surface area contributed by atoms with Gasteiger partial charge in [-0.25, -0.2) is 4.39 Å². The number of tetrazole rings is 1. The van der Waals surface area contributed by atoms with Crippen LogP contribution >= 0.6 is 0 Å². The summed E-state index contributed by atoms with van der Waals surface area (Å²) in [6.07, 6.45) is 0. The molecule has 0 atom stereocenters. The zero-order valence-corrected chi connectivity index (χ0v) is 9.94. The maximum Gasteiger partial charge on any atom is 0.226 e. The van der Waals surface area contributed by atoms with E-state index < -0.39 is 5.82 Å². The van der Waals surface area contributed by atoms with Gasteiger partial charge in [-0.2, -0.15) is 5.21 Å². The molecule has 1 amide bonds. The van der Waals surface area contributed by atoms with E-state index in [0.717, 1.165) is 0 Å². The van der Waals surface area contributed by atoms with Gasteiger partial charge in [0.2, 0.25) is 11.7 Å². The molecule has 0 spiro atoms. The van der Waals surface area contributed by atoms with Crippen molar-refractivity contribution in [1.29, 1.82) is 0 Å². The summed E-state index contributed by atoms with van der Waals surface area (Å²) in [5, 5.41) is 15.7. The molecule has 0 saturated heterocycles. The fourth-order valence-corrected chi connectivity index (χ4v) is 1.34. The minimum Gasteiger partial charge on any atom is -0.326 e. The molecule has 0 fully saturated rings. The van der Waals surface area contributed by atoms with Crippen molar-refractivity contribution in [3.05, 3.63) is 24.0 Å². The number of hydrogen-bond donors (Lipinski definition) is 2. The van der Waals surface area contributed by atoms with Gasteiger partial charge in [-0.05, 0) is 23.4 Å². The van der Waals surface area contributed by atoms with Gasteiger partial charge < -0.3 is 5.32 Å². The number of nitrogens with one attached hydrogen (secondary N) is 2. The van der Waals surface area contributed by atoms with Crippen molar-refractivity contribution in [1.82, 2.24) is 20.6 Å². The summed E-state index contributed by atoms with van der Waals surface area (Å²) < 4.78 is 13.6. The van der Waals surface area contributed by atoms with E-state index in [4.69, 9.17) is 0 Å². The van der Waals surface area contributed by atoms with Gasteiger partial charge in [-0.1, -0.05) is 13.8 Å². The summed E-state index contributed by atoms with van der Waals surface area (Å²) in [5.41, 5.74) is 0.681. The number of rotatable bonds is 3. The molecule has 0 unspecified atom stereocenters. The number of nitrogens with zero attached hydrogens (tertiary/aromatic N) is 3. The maximum atomic E-state index is 13.6. The zero-order chi connectivity index (χ0) is 13.1. The summed E-state index contributed by atoms with van der Waals surface area (Å²) in [6, 6.07) is 4.21. The lowest BCUT2D eigenvalue weighted by Gasteiger charge is -2.08. The number of carbonyl (C=O) groups is 1. The Morgan fingerprint density at radius 1 is 1.44 bits per heavy atom. The number of amides is 1. The highest BCUT2D eigenvalue weighted by atomic mass is 19.1. The second-order valence-corrected chi connectivity index (χ2v) is 4.07. The Morgan fingerprint density at radius 2 is 2.22 bits per heavy atom. The first-order chi connectivity index (χ1) is 8.58. The van der Waals surface area contributed by atoms with Crippen molar-refractivity contribution >= 4 is 11.6 Å². The first-order valence-electron chi connectivity index (χ1n) is 5.42. The summed E-state index contributed by atoms with van der Waals surface area (Å²) >= 11 is 0. The van der Waals surface area contributed by atoms with Crippen molar-refractivity contribution in [2.45, 2.75) is 13.8 Å². The van der Waals surface area contributed by atoms with E-state index in [1.54, 1.807) is 13.8 Å². The lowest BCUT2D eigenvalue weighted by molar-refractivity contribution is -0.118. The van der Waals surface area contributed by atoms with Crippen molar-refractivity contribution in [2.75, 3.05) is 5.32 Å². The molecule has 2 rings (SSSR count). The molecule has 1 aromatic heterocycles. The average molecular weight is 249 g/mol. The molecule has 94 valence electrons. The number of halogens is 1. The van der Waals surface area contributed by atoms with Crippen LogP contribution in [0.4, 0.5) is 10.1 Å². The topological polar surface area (TPSA) is 83.6 Å². The molecular weight excluding hydrogens is 237 g/mol. The molecule has 0 aliphatic carbocycles. The van der Waals surface area contributed by atoms with E-state index >= 15 is 0 Å². The zero-order valence-electron chi connectivity index (χ0n) is 9.94. The van der Waals surface area contributed by atoms with E-state index in [-0.39, 0.29) is 23.2 Å². The fourth-order valence-electron chi connectivity index (χ4n) is 1.34. The van der Waals surface area contributed by atoms with Gasteiger partial charge in [0.15, 0.2) is 0 Å². The Labute approximate surface area is 103 Å². The monoisotopic (exact) mass is 249 g/mol. The number of hydrogen-bond acceptors (Lipinski definition) is 4. The van der Waals surface area contributed by atoms with Gasteiger partial charge in [-0.15, -0.1) is 10.2 Å². The van der Waals surface area contributed by atoms with Crippen LogP contribution in [0.25, 0.3) is 11.4 Å². The van der Waals surface area contributed by atoms with E-state index in [1.165, 1.54) is 18.2 Å². The van der Waals surface area contributed by atoms with Crippen LogP contribution < -0.4 is 5.32 Å². The van der Waals surface area contributed by atoms with Crippen LogP contribution in [-0.2, 0) is 4.79 Å². The van der Waals surface area contributed by atoms with Gasteiger partial charge in [0.1, 0.15) is 5.82 Å². The molecule has 0 aliphatic rings. The number of benzene rings is 1. The van der Waals surface area contributed by atoms with Crippen LogP contribution in [0.1, 0.15) is 13.8 Å². The lowest BCUT2D eigenvalue weighted by atomic mass is 10.1. The second kappa shape index (κ2) is 4.91. The molecule has 6 nitrogen and oxygen atoms in total. The fraction of sp³-hybridized carbons (Fsp3) is 0.273. The smallest absolute Gasteiger partial charge is 0.226 e. The molecule has 7 heteroatoms. The normalized spacial score (nSPS) is 10.7. The summed E-state index contributed by atoms with van der Waals surface area (Å²) in [5.74, 6) is -0.614. The minimum atomic E-state index is -0.473. The summed E-state index contributed by atoms with van der Waals surface area (Å²) in [6.45, 7) is 3.55. The van der Waals surface area contributed by atoms with E-state index in [9.17, 15) is 9.18 Å². The van der Waals surface area contributed by atoms with E-state index in [2.05, 4.69) is 25.9 Å². The third kappa shape index (κ3) is 2.50. The van der Waals surface area contributed by atoms with Gasteiger partial charge in [0, 0.05) is 11.6 Å². The van der Waals surface area contributed by atoms with Gasteiger partial charge in [0.05, 0.1) is 5.56 Å². The van der Waals surface area contributed by atoms with Crippen molar-refractivity contribution in [3.8, 4) is 11.4 Å². The van der Waals surface area contributed by atoms with Crippen LogP contribution in [0, 0.1) is 11.7 Å². The van der Waals surface area contributed by atoms with Gasteiger partial charge in [-0.3, -0.25) is 4.79 Å². The van der Waals surface area contributed by atoms with Crippen LogP contribution in [0.3, 0.4) is 0 Å². The SMILES string of the molecule is CC(C)C(=O)Nc1ccc(F)c(-c2nn[nH]n2)c1. The maximum absolute atomic E-state index is 13.6. The van der Waals surface area contributed by atoms with Gasteiger partial charge in [0.25, 0.3) is 0 Å². The van der Waals surface area contributed by atoms with Crippen molar-refractivity contribution in [3.63, 3.8) is 0 Å². The van der Waals surface area contributed by atoms with E-state index in [0.29, 0.717) is 5.69 Å². The standard InChI is InChI=1S/C11H12FN5O/c1-6(2)11(18)13-7-3-4-9(12)8(5-7)10-14-16-17-15-10/h3-6H,1-2H3,(H,13,18)(H,14,15,16,17). The van der Waals surface area contributed by atoms with Crippen molar-refractivity contribution in [2.24, 2.45) is 5.92 Å². The molecule has 1 heterocycles. The largest absolute Gasteiger partial charge is 0.326 e. The third-order valence-electron chi connectivity index (χ3n) is 2.34. The number of H-pyrrole nitrogens is 1. The van der Waals surface area contributed by atoms with E-state index in [1.807, 2.05) is 0 Å². The predicted molar refractivity (Wildman–Crippen MR) is 63.0 cm³/mol. The molecule has 0 aliphatic heterocycles. The second-order valence-electron chi connectivity index (χ2n) is 4.07. The molecule has 0 bridgehead atoms. The number of anilines is 1. The highest BCUT2D eigenvalue weighted by Crippen LogP contribution is 2.22. The van der Waals surface area contributed by atoms with Crippen LogP contribution in [0.15, 0.2) is 18.2 Å². The summed E-state index contributed by atoms with van der Waals surface area (Å²) in [4.78, 5) is 11.5. The molecule has 18 heavy (non-hydrogen) atoms. The Bertz CT molecular complexity index is 553. The minimum absolute atomic E-state index is 0.138. The first kappa shape index (κ1) is 12.2. The number of aromatic amines is 1. The predicted octanol–water partition coefficient (Wildman–Crippen LogP) is 1.60. The highest BCUT2D eigenvalue weighted by molar-refractivity contribution is 5.92. The number of carbonyl (C=O) groups excluding carboxylic acids is 1. The van der Waals surface area contributed by atoms with Gasteiger partial charge >= 0.3 is 0 Å². The Hall–Kier alpha value is -2.31. The van der Waals surface area contributed by atoms with Crippen LogP contribution in [-0.4, -0.2) is 26.5 Å². The number of aromatic nitrogens is 4. The van der Waals surface area contributed by atoms with Crippen molar-refractivity contribution < 1.29 is 9.18 Å². The molecule has 0 radical (unpaired) electrons. The quantitative estimate of drug-likeness (QED) is 0.865. The average Bonchev–Trinajstić information content (AvgIpc) is 2.85. The third-order valence-corrected chi connectivity index (χ3v) is 2.34. The lowest BCUT2D eigenvalue weighted by Crippen LogP contribution is -2.17. The van der Waals surface area contributed by atoms with Crippen LogP contribution in [0.2, 0.25) is 0 Å². The molecule has 1 aromatic carbocycles. The Morgan fingerprint density at radius 3 is 2.83 bits per heavy atom. The van der Waals surface area contributed by atoms with Crippen LogP contribution in [0.5, 0.6) is 0 Å². The molecule has 2 N–H and O–H groups in total. The molecule has 0 saturated carbocycles. The Balaban J connectivity index is 2.30. The molecular formula is C11H12FN5O. The first-order valence-corrected chi connectivity index (χ1v) is 5.42. The summed E-state index contributed by atoms with van der Waals surface area (Å²) in [7, 11) is 0. The highest BCUT2D eigenvalue weighted by Gasteiger charge is 2.12.